The van der Waals surface area contributed by atoms with Gasteiger partial charge in [-0.15, -0.1) is 0 Å². The average molecular weight is 235 g/mol. The summed E-state index contributed by atoms with van der Waals surface area (Å²) in [5.41, 5.74) is 1.53. The van der Waals surface area contributed by atoms with E-state index in [-0.39, 0.29) is 12.5 Å². The topological polar surface area (TPSA) is 72.4 Å². The van der Waals surface area contributed by atoms with Gasteiger partial charge in [-0.25, -0.2) is 4.79 Å². The van der Waals surface area contributed by atoms with Crippen LogP contribution >= 0.6 is 0 Å². The van der Waals surface area contributed by atoms with Gasteiger partial charge in [-0.05, 0) is 19.9 Å². The van der Waals surface area contributed by atoms with E-state index in [9.17, 15) is 9.59 Å². The summed E-state index contributed by atoms with van der Waals surface area (Å²) in [5, 5.41) is 8.79. The molecule has 1 aromatic carbocycles. The predicted molar refractivity (Wildman–Crippen MR) is 62.2 cm³/mol. The highest BCUT2D eigenvalue weighted by Gasteiger charge is 2.15. The van der Waals surface area contributed by atoms with Crippen LogP contribution in [0.5, 0.6) is 0 Å². The normalized spacial score (nSPS) is 11.2. The minimum Gasteiger partial charge on any atom is -0.481 e. The van der Waals surface area contributed by atoms with Crippen molar-refractivity contribution in [1.82, 2.24) is 4.57 Å². The maximum atomic E-state index is 11.7. The molecule has 0 aliphatic rings. The second kappa shape index (κ2) is 4.08. The van der Waals surface area contributed by atoms with E-state index < -0.39 is 11.7 Å². The van der Waals surface area contributed by atoms with Gasteiger partial charge in [0.15, 0.2) is 5.58 Å². The van der Waals surface area contributed by atoms with Crippen molar-refractivity contribution in [3.05, 3.63) is 34.3 Å². The number of rotatable bonds is 3. The van der Waals surface area contributed by atoms with E-state index >= 15 is 0 Å². The highest BCUT2D eigenvalue weighted by Crippen LogP contribution is 2.20. The van der Waals surface area contributed by atoms with Crippen LogP contribution < -0.4 is 5.76 Å². The summed E-state index contributed by atoms with van der Waals surface area (Å²) >= 11 is 0. The second-order valence-electron chi connectivity index (χ2n) is 4.17. The van der Waals surface area contributed by atoms with Crippen LogP contribution in [0, 0.1) is 0 Å². The molecule has 0 bridgehead atoms. The van der Waals surface area contributed by atoms with Crippen molar-refractivity contribution >= 4 is 17.1 Å². The molecule has 0 fully saturated rings. The lowest BCUT2D eigenvalue weighted by Crippen LogP contribution is -2.15. The van der Waals surface area contributed by atoms with E-state index in [0.717, 1.165) is 0 Å². The van der Waals surface area contributed by atoms with Crippen LogP contribution in [0.2, 0.25) is 0 Å². The van der Waals surface area contributed by atoms with Gasteiger partial charge in [-0.3, -0.25) is 9.36 Å². The quantitative estimate of drug-likeness (QED) is 0.880. The van der Waals surface area contributed by atoms with Gasteiger partial charge in [-0.1, -0.05) is 12.1 Å². The molecule has 0 saturated heterocycles. The Kier molecular flexibility index (Phi) is 2.75. The SMILES string of the molecule is CC(C)n1c(=O)oc2c(CC(=O)O)cccc21. The molecule has 0 amide bonds. The number of benzene rings is 1. The van der Waals surface area contributed by atoms with E-state index in [4.69, 9.17) is 9.52 Å². The van der Waals surface area contributed by atoms with Gasteiger partial charge in [0.1, 0.15) is 0 Å². The summed E-state index contributed by atoms with van der Waals surface area (Å²) in [7, 11) is 0. The lowest BCUT2D eigenvalue weighted by atomic mass is 10.1. The zero-order chi connectivity index (χ0) is 12.6. The molecular weight excluding hydrogens is 222 g/mol. The molecule has 1 aromatic heterocycles. The van der Waals surface area contributed by atoms with Gasteiger partial charge >= 0.3 is 11.7 Å². The monoisotopic (exact) mass is 235 g/mol. The predicted octanol–water partition coefficient (Wildman–Crippen LogP) is 1.80. The van der Waals surface area contributed by atoms with E-state index in [2.05, 4.69) is 0 Å². The fourth-order valence-electron chi connectivity index (χ4n) is 1.90. The molecule has 0 radical (unpaired) electrons. The van der Waals surface area contributed by atoms with E-state index in [1.165, 1.54) is 4.57 Å². The summed E-state index contributed by atoms with van der Waals surface area (Å²) in [4.78, 5) is 22.4. The zero-order valence-electron chi connectivity index (χ0n) is 9.64. The highest BCUT2D eigenvalue weighted by molar-refractivity contribution is 5.82. The molecule has 0 atom stereocenters. The van der Waals surface area contributed by atoms with Gasteiger partial charge in [0, 0.05) is 11.6 Å². The van der Waals surface area contributed by atoms with Crippen LogP contribution in [0.3, 0.4) is 0 Å². The molecule has 17 heavy (non-hydrogen) atoms. The maximum absolute atomic E-state index is 11.7. The molecule has 0 spiro atoms. The number of aliphatic carboxylic acids is 1. The van der Waals surface area contributed by atoms with Gasteiger partial charge in [0.2, 0.25) is 0 Å². The van der Waals surface area contributed by atoms with Crippen molar-refractivity contribution < 1.29 is 14.3 Å². The van der Waals surface area contributed by atoms with Crippen molar-refractivity contribution in [3.8, 4) is 0 Å². The molecule has 2 aromatic rings. The number of hydrogen-bond acceptors (Lipinski definition) is 3. The van der Waals surface area contributed by atoms with Gasteiger partial charge < -0.3 is 9.52 Å². The van der Waals surface area contributed by atoms with Crippen molar-refractivity contribution in [2.75, 3.05) is 0 Å². The van der Waals surface area contributed by atoms with E-state index in [1.807, 2.05) is 13.8 Å². The molecule has 90 valence electrons. The van der Waals surface area contributed by atoms with E-state index in [0.29, 0.717) is 16.7 Å². The van der Waals surface area contributed by atoms with Crippen molar-refractivity contribution in [2.45, 2.75) is 26.3 Å². The maximum Gasteiger partial charge on any atom is 0.420 e. The standard InChI is InChI=1S/C12H13NO4/c1-7(2)13-9-5-3-4-8(6-10(14)15)11(9)17-12(13)16/h3-5,7H,6H2,1-2H3,(H,14,15). The molecule has 5 heteroatoms. The molecule has 5 nitrogen and oxygen atoms in total. The Bertz CT molecular complexity index is 621. The third kappa shape index (κ3) is 1.95. The van der Waals surface area contributed by atoms with Crippen LogP contribution in [0.4, 0.5) is 0 Å². The number of fused-ring (bicyclic) bond motifs is 1. The Morgan fingerprint density at radius 2 is 2.18 bits per heavy atom. The third-order valence-electron chi connectivity index (χ3n) is 2.58. The molecule has 2 rings (SSSR count). The van der Waals surface area contributed by atoms with Crippen molar-refractivity contribution in [2.24, 2.45) is 0 Å². The first-order valence-corrected chi connectivity index (χ1v) is 5.35. The fraction of sp³-hybridized carbons (Fsp3) is 0.333. The number of carboxylic acid groups (broad SMARTS) is 1. The summed E-state index contributed by atoms with van der Waals surface area (Å²) in [6.45, 7) is 3.75. The Labute approximate surface area is 97.3 Å². The molecule has 1 heterocycles. The smallest absolute Gasteiger partial charge is 0.420 e. The molecular formula is C12H13NO4. The highest BCUT2D eigenvalue weighted by atomic mass is 16.4. The van der Waals surface area contributed by atoms with E-state index in [1.54, 1.807) is 18.2 Å². The summed E-state index contributed by atoms with van der Waals surface area (Å²) in [5.74, 6) is -1.40. The van der Waals surface area contributed by atoms with Crippen LogP contribution in [-0.4, -0.2) is 15.6 Å². The molecule has 0 saturated carbocycles. The number of para-hydroxylation sites is 1. The van der Waals surface area contributed by atoms with Gasteiger partial charge in [0.25, 0.3) is 0 Å². The van der Waals surface area contributed by atoms with Crippen LogP contribution in [0.15, 0.2) is 27.4 Å². The third-order valence-corrected chi connectivity index (χ3v) is 2.58. The number of oxazole rings is 1. The fourth-order valence-corrected chi connectivity index (χ4v) is 1.90. The first kappa shape index (κ1) is 11.4. The number of carbonyl (C=O) groups is 1. The second-order valence-corrected chi connectivity index (χ2v) is 4.17. The Morgan fingerprint density at radius 3 is 2.76 bits per heavy atom. The average Bonchev–Trinajstić information content (AvgIpc) is 2.54. The number of hydrogen-bond donors (Lipinski definition) is 1. The Balaban J connectivity index is 2.71. The Hall–Kier alpha value is -2.04. The first-order chi connectivity index (χ1) is 8.00. The van der Waals surface area contributed by atoms with Crippen LogP contribution in [-0.2, 0) is 11.2 Å². The lowest BCUT2D eigenvalue weighted by Gasteiger charge is -2.05. The van der Waals surface area contributed by atoms with Crippen molar-refractivity contribution in [1.29, 1.82) is 0 Å². The molecule has 1 N–H and O–H groups in total. The molecule has 0 aliphatic carbocycles. The molecule has 0 unspecified atom stereocenters. The summed E-state index contributed by atoms with van der Waals surface area (Å²) < 4.78 is 6.65. The van der Waals surface area contributed by atoms with Gasteiger partial charge in [-0.2, -0.15) is 0 Å². The van der Waals surface area contributed by atoms with Gasteiger partial charge in [0.05, 0.1) is 11.9 Å². The van der Waals surface area contributed by atoms with Crippen LogP contribution in [0.25, 0.3) is 11.1 Å². The Morgan fingerprint density at radius 1 is 1.47 bits per heavy atom. The van der Waals surface area contributed by atoms with Crippen molar-refractivity contribution in [3.63, 3.8) is 0 Å². The number of nitrogens with zero attached hydrogens (tertiary/aromatic N) is 1. The number of aromatic nitrogens is 1. The first-order valence-electron chi connectivity index (χ1n) is 5.35. The lowest BCUT2D eigenvalue weighted by molar-refractivity contribution is -0.136. The summed E-state index contributed by atoms with van der Waals surface area (Å²) in [6.07, 6.45) is -0.150. The minimum atomic E-state index is -0.947. The minimum absolute atomic E-state index is 0.0242. The number of carboxylic acids is 1. The molecule has 0 aliphatic heterocycles. The van der Waals surface area contributed by atoms with Crippen LogP contribution in [0.1, 0.15) is 25.5 Å². The largest absolute Gasteiger partial charge is 0.481 e. The zero-order valence-corrected chi connectivity index (χ0v) is 9.64. The summed E-state index contributed by atoms with van der Waals surface area (Å²) in [6, 6.07) is 5.12.